The molecular weight excluding hydrogens is 312 g/mol. The first-order valence-electron chi connectivity index (χ1n) is 6.38. The van der Waals surface area contributed by atoms with Crippen LogP contribution in [-0.2, 0) is 11.2 Å². The lowest BCUT2D eigenvalue weighted by Gasteiger charge is -2.11. The molecule has 3 rings (SSSR count). The minimum atomic E-state index is -0.795. The van der Waals surface area contributed by atoms with Gasteiger partial charge < -0.3 is 14.6 Å². The molecule has 1 saturated carbocycles. The van der Waals surface area contributed by atoms with E-state index in [1.807, 2.05) is 12.1 Å². The van der Waals surface area contributed by atoms with Gasteiger partial charge in [0.25, 0.3) is 0 Å². The smallest absolute Gasteiger partial charge is 0.303 e. The maximum Gasteiger partial charge on any atom is 0.303 e. The average Bonchev–Trinajstić information content (AvgIpc) is 3.16. The second-order valence-electron chi connectivity index (χ2n) is 5.36. The van der Waals surface area contributed by atoms with Crippen LogP contribution in [0.3, 0.4) is 0 Å². The van der Waals surface area contributed by atoms with E-state index in [1.54, 1.807) is 0 Å². The summed E-state index contributed by atoms with van der Waals surface area (Å²) >= 11 is 3.47. The van der Waals surface area contributed by atoms with Crippen molar-refractivity contribution < 1.29 is 19.4 Å². The van der Waals surface area contributed by atoms with Crippen molar-refractivity contribution in [3.63, 3.8) is 0 Å². The highest BCUT2D eigenvalue weighted by Gasteiger charge is 2.46. The molecule has 1 spiro atoms. The summed E-state index contributed by atoms with van der Waals surface area (Å²) < 4.78 is 12.5. The van der Waals surface area contributed by atoms with Crippen LogP contribution in [0.2, 0.25) is 0 Å². The summed E-state index contributed by atoms with van der Waals surface area (Å²) in [5, 5.41) is 8.75. The number of rotatable bonds is 3. The summed E-state index contributed by atoms with van der Waals surface area (Å²) in [5.41, 5.74) is 1.16. The molecule has 1 aromatic carbocycles. The lowest BCUT2D eigenvalue weighted by Crippen LogP contribution is -2.17. The fourth-order valence-corrected chi connectivity index (χ4v) is 2.73. The molecule has 1 aliphatic carbocycles. The van der Waals surface area contributed by atoms with Crippen LogP contribution >= 0.6 is 15.9 Å². The number of hydrogen-bond acceptors (Lipinski definition) is 3. The van der Waals surface area contributed by atoms with Crippen molar-refractivity contribution in [2.45, 2.75) is 25.7 Å². The van der Waals surface area contributed by atoms with E-state index in [2.05, 4.69) is 15.9 Å². The highest BCUT2D eigenvalue weighted by molar-refractivity contribution is 9.10. The van der Waals surface area contributed by atoms with E-state index in [0.717, 1.165) is 34.4 Å². The number of carboxylic acids is 1. The number of halogens is 1. The van der Waals surface area contributed by atoms with E-state index in [-0.39, 0.29) is 11.8 Å². The van der Waals surface area contributed by atoms with E-state index in [4.69, 9.17) is 14.6 Å². The van der Waals surface area contributed by atoms with Gasteiger partial charge in [-0.3, -0.25) is 4.79 Å². The molecule has 1 aromatic rings. The minimum absolute atomic E-state index is 0.113. The van der Waals surface area contributed by atoms with Crippen molar-refractivity contribution in [3.8, 4) is 11.5 Å². The first-order chi connectivity index (χ1) is 9.08. The Balaban J connectivity index is 1.82. The number of fused-ring (bicyclic) bond motifs is 1. The predicted octanol–water partition coefficient (Wildman–Crippen LogP) is 3.02. The highest BCUT2D eigenvalue weighted by Crippen LogP contribution is 2.49. The monoisotopic (exact) mass is 326 g/mol. The van der Waals surface area contributed by atoms with Crippen molar-refractivity contribution in [2.24, 2.45) is 5.41 Å². The molecule has 1 heterocycles. The highest BCUT2D eigenvalue weighted by atomic mass is 79.9. The molecule has 2 aliphatic rings. The topological polar surface area (TPSA) is 55.8 Å². The summed E-state index contributed by atoms with van der Waals surface area (Å²) in [6.07, 6.45) is 2.92. The summed E-state index contributed by atoms with van der Waals surface area (Å²) in [4.78, 5) is 10.6. The van der Waals surface area contributed by atoms with Gasteiger partial charge in [-0.1, -0.05) is 15.9 Å². The number of carboxylic acid groups (broad SMARTS) is 1. The second-order valence-corrected chi connectivity index (χ2v) is 6.22. The minimum Gasteiger partial charge on any atom is -0.489 e. The molecular formula is C14H15BrO4. The third-order valence-electron chi connectivity index (χ3n) is 3.75. The van der Waals surface area contributed by atoms with E-state index in [9.17, 15) is 4.79 Å². The molecule has 1 fully saturated rings. The van der Waals surface area contributed by atoms with Crippen molar-refractivity contribution in [1.82, 2.24) is 0 Å². The molecule has 5 heteroatoms. The summed E-state index contributed by atoms with van der Waals surface area (Å²) in [6.45, 7) is 1.40. The molecule has 0 saturated heterocycles. The zero-order chi connectivity index (χ0) is 13.5. The van der Waals surface area contributed by atoms with Crippen molar-refractivity contribution in [1.29, 1.82) is 0 Å². The van der Waals surface area contributed by atoms with Gasteiger partial charge in [0.1, 0.15) is 0 Å². The zero-order valence-corrected chi connectivity index (χ0v) is 12.0. The molecule has 1 aliphatic heterocycles. The number of benzene rings is 1. The van der Waals surface area contributed by atoms with Crippen LogP contribution in [0.25, 0.3) is 0 Å². The van der Waals surface area contributed by atoms with E-state index < -0.39 is 5.97 Å². The number of aryl methyl sites for hydroxylation is 1. The predicted molar refractivity (Wildman–Crippen MR) is 72.8 cm³/mol. The molecule has 19 heavy (non-hydrogen) atoms. The first-order valence-corrected chi connectivity index (χ1v) is 7.17. The van der Waals surface area contributed by atoms with E-state index in [1.165, 1.54) is 0 Å². The van der Waals surface area contributed by atoms with Crippen molar-refractivity contribution >= 4 is 21.9 Å². The quantitative estimate of drug-likeness (QED) is 0.927. The third-order valence-corrected chi connectivity index (χ3v) is 4.48. The SMILES string of the molecule is O=C(O)CCc1cc2c(cc1Br)OCC1(CC1)CO2. The fraction of sp³-hybridized carbons (Fsp3) is 0.500. The zero-order valence-electron chi connectivity index (χ0n) is 10.4. The Kier molecular flexibility index (Phi) is 3.17. The Bertz CT molecular complexity index is 522. The Hall–Kier alpha value is -1.23. The summed E-state index contributed by atoms with van der Waals surface area (Å²) in [5.74, 6) is 0.679. The van der Waals surface area contributed by atoms with Crippen molar-refractivity contribution in [3.05, 3.63) is 22.2 Å². The summed E-state index contributed by atoms with van der Waals surface area (Å²) in [7, 11) is 0. The Morgan fingerprint density at radius 3 is 2.47 bits per heavy atom. The largest absolute Gasteiger partial charge is 0.489 e. The van der Waals surface area contributed by atoms with Crippen LogP contribution in [-0.4, -0.2) is 24.3 Å². The lowest BCUT2D eigenvalue weighted by atomic mass is 10.1. The first kappa shape index (κ1) is 12.8. The van der Waals surface area contributed by atoms with Gasteiger partial charge in [0.2, 0.25) is 0 Å². The lowest BCUT2D eigenvalue weighted by molar-refractivity contribution is -0.136. The second kappa shape index (κ2) is 4.71. The molecule has 4 nitrogen and oxygen atoms in total. The Morgan fingerprint density at radius 2 is 1.89 bits per heavy atom. The maximum absolute atomic E-state index is 10.6. The van der Waals surface area contributed by atoms with Gasteiger partial charge in [0.15, 0.2) is 11.5 Å². The van der Waals surface area contributed by atoms with Gasteiger partial charge >= 0.3 is 5.97 Å². The molecule has 0 bridgehead atoms. The van der Waals surface area contributed by atoms with Gasteiger partial charge in [-0.2, -0.15) is 0 Å². The number of carbonyl (C=O) groups is 1. The molecule has 1 N–H and O–H groups in total. The van der Waals surface area contributed by atoms with Crippen LogP contribution < -0.4 is 9.47 Å². The molecule has 0 atom stereocenters. The van der Waals surface area contributed by atoms with Gasteiger partial charge in [-0.15, -0.1) is 0 Å². The van der Waals surface area contributed by atoms with Crippen molar-refractivity contribution in [2.75, 3.05) is 13.2 Å². The molecule has 0 radical (unpaired) electrons. The van der Waals surface area contributed by atoms with Gasteiger partial charge in [0.05, 0.1) is 13.2 Å². The number of aliphatic carboxylic acids is 1. The van der Waals surface area contributed by atoms with Gasteiger partial charge in [-0.25, -0.2) is 0 Å². The standard InChI is InChI=1S/C14H15BrO4/c15-10-6-12-11(5-9(10)1-2-13(16)17)18-7-14(3-4-14)8-19-12/h5-6H,1-4,7-8H2,(H,16,17). The molecule has 0 amide bonds. The fourth-order valence-electron chi connectivity index (χ4n) is 2.20. The van der Waals surface area contributed by atoms with Crippen LogP contribution in [0.5, 0.6) is 11.5 Å². The van der Waals surface area contributed by atoms with Crippen LogP contribution in [0.4, 0.5) is 0 Å². The van der Waals surface area contributed by atoms with Crippen LogP contribution in [0.1, 0.15) is 24.8 Å². The maximum atomic E-state index is 10.6. The number of ether oxygens (including phenoxy) is 2. The Morgan fingerprint density at radius 1 is 1.26 bits per heavy atom. The molecule has 0 unspecified atom stereocenters. The van der Waals surface area contributed by atoms with E-state index in [0.29, 0.717) is 19.6 Å². The summed E-state index contributed by atoms with van der Waals surface area (Å²) in [6, 6.07) is 3.78. The normalized spacial score (nSPS) is 19.0. The van der Waals surface area contributed by atoms with Crippen LogP contribution in [0, 0.1) is 5.41 Å². The number of hydrogen-bond donors (Lipinski definition) is 1. The van der Waals surface area contributed by atoms with Gasteiger partial charge in [0, 0.05) is 16.3 Å². The third kappa shape index (κ3) is 2.71. The van der Waals surface area contributed by atoms with Crippen LogP contribution in [0.15, 0.2) is 16.6 Å². The van der Waals surface area contributed by atoms with Gasteiger partial charge in [-0.05, 0) is 37.0 Å². The Labute approximate surface area is 119 Å². The molecule has 102 valence electrons. The average molecular weight is 327 g/mol. The van der Waals surface area contributed by atoms with E-state index >= 15 is 0 Å². The molecule has 0 aromatic heterocycles.